The van der Waals surface area contributed by atoms with E-state index in [2.05, 4.69) is 24.3 Å². The fourth-order valence-corrected chi connectivity index (χ4v) is 2.45. The molecule has 0 saturated heterocycles. The Bertz CT molecular complexity index is 604. The Morgan fingerprint density at radius 2 is 1.73 bits per heavy atom. The van der Waals surface area contributed by atoms with E-state index in [-0.39, 0.29) is 12.2 Å². The monoisotopic (exact) mass is 296 g/mol. The summed E-state index contributed by atoms with van der Waals surface area (Å²) in [5.74, 6) is 0.855. The molecule has 0 amide bonds. The van der Waals surface area contributed by atoms with Gasteiger partial charge in [-0.05, 0) is 23.3 Å². The van der Waals surface area contributed by atoms with E-state index in [1.807, 2.05) is 42.5 Å². The molecule has 0 fully saturated rings. The molecule has 3 nitrogen and oxygen atoms in total. The van der Waals surface area contributed by atoms with Gasteiger partial charge in [0.15, 0.2) is 0 Å². The van der Waals surface area contributed by atoms with Crippen molar-refractivity contribution in [2.45, 2.75) is 18.8 Å². The molecule has 0 bridgehead atoms. The first kappa shape index (κ1) is 14.8. The Labute approximate surface area is 131 Å². The molecule has 2 aromatic carbocycles. The minimum absolute atomic E-state index is 0.00349. The van der Waals surface area contributed by atoms with E-state index < -0.39 is 0 Å². The van der Waals surface area contributed by atoms with Crippen LogP contribution in [0.4, 0.5) is 0 Å². The highest BCUT2D eigenvalue weighted by Gasteiger charge is 2.20. The van der Waals surface area contributed by atoms with Gasteiger partial charge < -0.3 is 14.2 Å². The molecule has 0 aromatic heterocycles. The summed E-state index contributed by atoms with van der Waals surface area (Å²) >= 11 is 0. The minimum atomic E-state index is -0.00349. The highest BCUT2D eigenvalue weighted by Crippen LogP contribution is 2.28. The van der Waals surface area contributed by atoms with Crippen LogP contribution in [0, 0.1) is 0 Å². The van der Waals surface area contributed by atoms with Gasteiger partial charge in [-0.3, -0.25) is 0 Å². The molecular weight excluding hydrogens is 276 g/mol. The number of benzene rings is 2. The van der Waals surface area contributed by atoms with Gasteiger partial charge in [0, 0.05) is 0 Å². The predicted molar refractivity (Wildman–Crippen MR) is 85.8 cm³/mol. The second-order valence-corrected chi connectivity index (χ2v) is 5.25. The van der Waals surface area contributed by atoms with Crippen molar-refractivity contribution in [3.05, 3.63) is 77.9 Å². The van der Waals surface area contributed by atoms with Crippen molar-refractivity contribution < 1.29 is 14.2 Å². The molecule has 0 N–H and O–H groups in total. The Morgan fingerprint density at radius 1 is 0.955 bits per heavy atom. The summed E-state index contributed by atoms with van der Waals surface area (Å²) in [7, 11) is 1.67. The average molecular weight is 296 g/mol. The zero-order valence-corrected chi connectivity index (χ0v) is 12.6. The van der Waals surface area contributed by atoms with Crippen LogP contribution in [0.25, 0.3) is 0 Å². The second kappa shape index (κ2) is 7.25. The molecule has 0 radical (unpaired) electrons. The smallest absolute Gasteiger partial charge is 0.118 e. The van der Waals surface area contributed by atoms with Crippen molar-refractivity contribution in [1.82, 2.24) is 0 Å². The van der Waals surface area contributed by atoms with Crippen molar-refractivity contribution >= 4 is 0 Å². The largest absolute Gasteiger partial charge is 0.497 e. The normalized spacial score (nSPS) is 20.2. The van der Waals surface area contributed by atoms with E-state index in [4.69, 9.17) is 14.2 Å². The van der Waals surface area contributed by atoms with Crippen LogP contribution < -0.4 is 4.74 Å². The van der Waals surface area contributed by atoms with Gasteiger partial charge in [-0.25, -0.2) is 0 Å². The van der Waals surface area contributed by atoms with Crippen LogP contribution in [0.3, 0.4) is 0 Å². The molecule has 22 heavy (non-hydrogen) atoms. The molecule has 2 aromatic rings. The molecule has 114 valence electrons. The van der Waals surface area contributed by atoms with Gasteiger partial charge in [-0.15, -0.1) is 0 Å². The number of methoxy groups -OCH3 is 1. The first-order valence-corrected chi connectivity index (χ1v) is 7.44. The zero-order chi connectivity index (χ0) is 15.2. The van der Waals surface area contributed by atoms with Gasteiger partial charge in [0.1, 0.15) is 18.0 Å². The summed E-state index contributed by atoms with van der Waals surface area (Å²) in [6.07, 6.45) is 4.16. The van der Waals surface area contributed by atoms with Gasteiger partial charge in [0.05, 0.1) is 20.3 Å². The standard InChI is InChI=1S/C19H20O3/c1-20-17-9-7-16(8-10-17)19-12-11-18(22-19)14-21-13-15-5-3-2-4-6-15/h2-12,18-19H,13-14H2,1H3/t18-,19-/m1/s1. The maximum absolute atomic E-state index is 5.98. The van der Waals surface area contributed by atoms with Gasteiger partial charge >= 0.3 is 0 Å². The second-order valence-electron chi connectivity index (χ2n) is 5.25. The first-order valence-electron chi connectivity index (χ1n) is 7.44. The molecule has 3 rings (SSSR count). The highest BCUT2D eigenvalue weighted by molar-refractivity contribution is 5.31. The van der Waals surface area contributed by atoms with E-state index in [1.165, 1.54) is 5.56 Å². The lowest BCUT2D eigenvalue weighted by molar-refractivity contribution is -0.00887. The third-order valence-electron chi connectivity index (χ3n) is 3.66. The summed E-state index contributed by atoms with van der Waals surface area (Å²) in [6.45, 7) is 1.18. The zero-order valence-electron chi connectivity index (χ0n) is 12.6. The minimum Gasteiger partial charge on any atom is -0.497 e. The summed E-state index contributed by atoms with van der Waals surface area (Å²) in [5, 5.41) is 0. The van der Waals surface area contributed by atoms with Crippen LogP contribution >= 0.6 is 0 Å². The predicted octanol–water partition coefficient (Wildman–Crippen LogP) is 3.91. The molecule has 3 heteroatoms. The highest BCUT2D eigenvalue weighted by atomic mass is 16.5. The van der Waals surface area contributed by atoms with Gasteiger partial charge in [-0.2, -0.15) is 0 Å². The SMILES string of the molecule is COc1ccc([C@H]2C=C[C@H](COCc3ccccc3)O2)cc1. The molecule has 1 aliphatic rings. The Hall–Kier alpha value is -2.10. The fourth-order valence-electron chi connectivity index (χ4n) is 2.45. The Morgan fingerprint density at radius 3 is 2.45 bits per heavy atom. The van der Waals surface area contributed by atoms with Crippen molar-refractivity contribution in [3.63, 3.8) is 0 Å². The number of rotatable bonds is 6. The van der Waals surface area contributed by atoms with E-state index in [9.17, 15) is 0 Å². The van der Waals surface area contributed by atoms with E-state index in [0.717, 1.165) is 11.3 Å². The molecule has 0 aliphatic carbocycles. The summed E-state index contributed by atoms with van der Waals surface area (Å²) in [4.78, 5) is 0. The molecule has 1 heterocycles. The summed E-state index contributed by atoms with van der Waals surface area (Å²) < 4.78 is 16.9. The van der Waals surface area contributed by atoms with Gasteiger partial charge in [0.25, 0.3) is 0 Å². The van der Waals surface area contributed by atoms with Crippen LogP contribution in [0.1, 0.15) is 17.2 Å². The van der Waals surface area contributed by atoms with Gasteiger partial charge in [0.2, 0.25) is 0 Å². The quantitative estimate of drug-likeness (QED) is 0.756. The van der Waals surface area contributed by atoms with Crippen LogP contribution in [-0.4, -0.2) is 19.8 Å². The van der Waals surface area contributed by atoms with Crippen LogP contribution in [0.2, 0.25) is 0 Å². The Balaban J connectivity index is 1.47. The number of ether oxygens (including phenoxy) is 3. The summed E-state index contributed by atoms with van der Waals surface area (Å²) in [5.41, 5.74) is 2.30. The van der Waals surface area contributed by atoms with Crippen LogP contribution in [0.15, 0.2) is 66.7 Å². The van der Waals surface area contributed by atoms with Crippen LogP contribution in [-0.2, 0) is 16.1 Å². The fraction of sp³-hybridized carbons (Fsp3) is 0.263. The van der Waals surface area contributed by atoms with Crippen LogP contribution in [0.5, 0.6) is 5.75 Å². The molecule has 0 unspecified atom stereocenters. The molecule has 2 atom stereocenters. The molecule has 0 spiro atoms. The van der Waals surface area contributed by atoms with Crippen molar-refractivity contribution in [1.29, 1.82) is 0 Å². The summed E-state index contributed by atoms with van der Waals surface area (Å²) in [6, 6.07) is 18.1. The third kappa shape index (κ3) is 3.75. The van der Waals surface area contributed by atoms with Crippen molar-refractivity contribution in [3.8, 4) is 5.75 Å². The van der Waals surface area contributed by atoms with E-state index in [0.29, 0.717) is 13.2 Å². The number of hydrogen-bond acceptors (Lipinski definition) is 3. The molecule has 0 saturated carbocycles. The van der Waals surface area contributed by atoms with Crippen molar-refractivity contribution in [2.24, 2.45) is 0 Å². The topological polar surface area (TPSA) is 27.7 Å². The lowest BCUT2D eigenvalue weighted by Gasteiger charge is -2.15. The third-order valence-corrected chi connectivity index (χ3v) is 3.66. The van der Waals surface area contributed by atoms with E-state index >= 15 is 0 Å². The van der Waals surface area contributed by atoms with Gasteiger partial charge in [-0.1, -0.05) is 54.6 Å². The van der Waals surface area contributed by atoms with Crippen molar-refractivity contribution in [2.75, 3.05) is 13.7 Å². The lowest BCUT2D eigenvalue weighted by atomic mass is 10.1. The van der Waals surface area contributed by atoms with E-state index in [1.54, 1.807) is 7.11 Å². The maximum atomic E-state index is 5.98. The Kier molecular flexibility index (Phi) is 4.88. The maximum Gasteiger partial charge on any atom is 0.118 e. The first-order chi connectivity index (χ1) is 10.8. The number of hydrogen-bond donors (Lipinski definition) is 0. The average Bonchev–Trinajstić information content (AvgIpc) is 3.05. The molecular formula is C19H20O3. The molecule has 1 aliphatic heterocycles. The lowest BCUT2D eigenvalue weighted by Crippen LogP contribution is -2.15.